The molecule has 0 aromatic heterocycles. The van der Waals surface area contributed by atoms with Gasteiger partial charge in [-0.3, -0.25) is 4.79 Å². The predicted octanol–water partition coefficient (Wildman–Crippen LogP) is 3.50. The largest absolute Gasteiger partial charge is 0.492 e. The highest BCUT2D eigenvalue weighted by molar-refractivity contribution is 7.89. The number of anilines is 1. The first-order valence-electron chi connectivity index (χ1n) is 10.6. The fourth-order valence-corrected chi connectivity index (χ4v) is 5.13. The summed E-state index contributed by atoms with van der Waals surface area (Å²) in [6, 6.07) is 18.7. The van der Waals surface area contributed by atoms with Gasteiger partial charge >= 0.3 is 0 Å². The van der Waals surface area contributed by atoms with Crippen LogP contribution in [0, 0.1) is 5.92 Å². The van der Waals surface area contributed by atoms with Crippen LogP contribution < -0.4 is 14.4 Å². The fourth-order valence-electron chi connectivity index (χ4n) is 4.07. The van der Waals surface area contributed by atoms with E-state index in [0.29, 0.717) is 13.0 Å². The molecule has 1 saturated carbocycles. The van der Waals surface area contributed by atoms with Gasteiger partial charge in [-0.15, -0.1) is 0 Å². The number of hydrogen-bond donors (Lipinski definition) is 1. The number of fused-ring (bicyclic) bond motifs is 2. The summed E-state index contributed by atoms with van der Waals surface area (Å²) in [4.78, 5) is 14.4. The van der Waals surface area contributed by atoms with Gasteiger partial charge in [0.05, 0.1) is 4.90 Å². The summed E-state index contributed by atoms with van der Waals surface area (Å²) in [5, 5.41) is 2.07. The number of rotatable bonds is 7. The van der Waals surface area contributed by atoms with Crippen molar-refractivity contribution in [3.63, 3.8) is 0 Å². The van der Waals surface area contributed by atoms with Crippen LogP contribution in [0.5, 0.6) is 5.75 Å². The van der Waals surface area contributed by atoms with E-state index in [4.69, 9.17) is 4.74 Å². The zero-order chi connectivity index (χ0) is 21.4. The zero-order valence-electron chi connectivity index (χ0n) is 17.1. The third-order valence-electron chi connectivity index (χ3n) is 5.85. The van der Waals surface area contributed by atoms with Crippen molar-refractivity contribution >= 4 is 32.4 Å². The molecule has 0 unspecified atom stereocenters. The van der Waals surface area contributed by atoms with Crippen molar-refractivity contribution in [3.8, 4) is 5.75 Å². The second-order valence-corrected chi connectivity index (χ2v) is 9.80. The van der Waals surface area contributed by atoms with Gasteiger partial charge in [-0.2, -0.15) is 0 Å². The van der Waals surface area contributed by atoms with E-state index in [9.17, 15) is 13.2 Å². The Morgan fingerprint density at radius 1 is 1.06 bits per heavy atom. The average Bonchev–Trinajstić information content (AvgIpc) is 3.55. The second-order valence-electron chi connectivity index (χ2n) is 8.03. The van der Waals surface area contributed by atoms with Crippen molar-refractivity contribution in [2.75, 3.05) is 24.6 Å². The summed E-state index contributed by atoms with van der Waals surface area (Å²) in [6.07, 6.45) is 2.60. The molecule has 1 N–H and O–H groups in total. The summed E-state index contributed by atoms with van der Waals surface area (Å²) >= 11 is 0. The number of carbonyl (C=O) groups is 1. The highest BCUT2D eigenvalue weighted by Gasteiger charge is 2.36. The second kappa shape index (κ2) is 7.98. The lowest BCUT2D eigenvalue weighted by molar-refractivity contribution is -0.119. The van der Waals surface area contributed by atoms with Crippen molar-refractivity contribution in [2.24, 2.45) is 5.92 Å². The maximum atomic E-state index is 12.7. The van der Waals surface area contributed by atoms with Crippen molar-refractivity contribution in [1.82, 2.24) is 4.72 Å². The molecular formula is C24H24N2O4S. The summed E-state index contributed by atoms with van der Waals surface area (Å²) in [5.74, 6) is 1.05. The van der Waals surface area contributed by atoms with Crippen molar-refractivity contribution in [3.05, 3.63) is 66.2 Å². The van der Waals surface area contributed by atoms with Crippen LogP contribution in [0.15, 0.2) is 65.6 Å². The first kappa shape index (κ1) is 20.0. The van der Waals surface area contributed by atoms with Crippen LogP contribution in [0.25, 0.3) is 10.8 Å². The Labute approximate surface area is 181 Å². The molecule has 6 nitrogen and oxygen atoms in total. The molecule has 1 aliphatic carbocycles. The molecule has 1 heterocycles. The standard InChI is InChI=1S/C24H24N2O4S/c27-24(18-8-9-18)26-14-12-19-16-20(10-11-22(19)26)31(28,29)25-13-15-30-23-7-3-5-17-4-1-2-6-21(17)23/h1-7,10-11,16,18,25H,8-9,12-15H2. The topological polar surface area (TPSA) is 75.7 Å². The van der Waals surface area contributed by atoms with Crippen LogP contribution in [0.2, 0.25) is 0 Å². The Balaban J connectivity index is 1.22. The van der Waals surface area contributed by atoms with Crippen molar-refractivity contribution < 1.29 is 17.9 Å². The highest BCUT2D eigenvalue weighted by Crippen LogP contribution is 2.37. The highest BCUT2D eigenvalue weighted by atomic mass is 32.2. The van der Waals surface area contributed by atoms with Gasteiger partial charge in [0.2, 0.25) is 15.9 Å². The Kier molecular flexibility index (Phi) is 5.16. The molecule has 1 fully saturated rings. The first-order valence-corrected chi connectivity index (χ1v) is 12.1. The average molecular weight is 437 g/mol. The minimum atomic E-state index is -3.65. The molecule has 0 atom stereocenters. The smallest absolute Gasteiger partial charge is 0.240 e. The monoisotopic (exact) mass is 436 g/mol. The molecule has 160 valence electrons. The number of sulfonamides is 1. The molecule has 1 amide bonds. The van der Waals surface area contributed by atoms with Crippen LogP contribution in [0.1, 0.15) is 18.4 Å². The van der Waals surface area contributed by atoms with E-state index in [1.807, 2.05) is 42.5 Å². The van der Waals surface area contributed by atoms with Gasteiger partial charge in [-0.25, -0.2) is 13.1 Å². The summed E-state index contributed by atoms with van der Waals surface area (Å²) in [6.45, 7) is 1.01. The van der Waals surface area contributed by atoms with E-state index < -0.39 is 10.0 Å². The molecular weight excluding hydrogens is 412 g/mol. The number of nitrogens with zero attached hydrogens (tertiary/aromatic N) is 1. The van der Waals surface area contributed by atoms with Gasteiger partial charge in [0, 0.05) is 30.1 Å². The van der Waals surface area contributed by atoms with E-state index in [2.05, 4.69) is 4.72 Å². The van der Waals surface area contributed by atoms with Gasteiger partial charge in [-0.05, 0) is 54.5 Å². The number of carbonyl (C=O) groups excluding carboxylic acids is 1. The number of amides is 1. The van der Waals surface area contributed by atoms with Gasteiger partial charge in [0.15, 0.2) is 0 Å². The van der Waals surface area contributed by atoms with Crippen LogP contribution in [-0.2, 0) is 21.2 Å². The lowest BCUT2D eigenvalue weighted by Crippen LogP contribution is -2.30. The minimum absolute atomic E-state index is 0.151. The molecule has 3 aromatic rings. The summed E-state index contributed by atoms with van der Waals surface area (Å²) in [7, 11) is -3.65. The Bertz CT molecular complexity index is 1250. The molecule has 5 rings (SSSR count). The molecule has 0 radical (unpaired) electrons. The number of nitrogens with one attached hydrogen (secondary N) is 1. The lowest BCUT2D eigenvalue weighted by atomic mass is 10.1. The van der Waals surface area contributed by atoms with Crippen LogP contribution in [0.3, 0.4) is 0 Å². The first-order chi connectivity index (χ1) is 15.0. The maximum absolute atomic E-state index is 12.7. The van der Waals surface area contributed by atoms with E-state index in [1.165, 1.54) is 0 Å². The quantitative estimate of drug-likeness (QED) is 0.575. The fraction of sp³-hybridized carbons (Fsp3) is 0.292. The van der Waals surface area contributed by atoms with E-state index in [1.54, 1.807) is 23.1 Å². The van der Waals surface area contributed by atoms with E-state index in [0.717, 1.165) is 40.6 Å². The normalized spacial score (nSPS) is 15.8. The van der Waals surface area contributed by atoms with Crippen molar-refractivity contribution in [2.45, 2.75) is 24.2 Å². The van der Waals surface area contributed by atoms with Gasteiger partial charge in [-0.1, -0.05) is 36.4 Å². The van der Waals surface area contributed by atoms with Crippen LogP contribution in [-0.4, -0.2) is 34.0 Å². The summed E-state index contributed by atoms with van der Waals surface area (Å²) in [5.41, 5.74) is 1.75. The molecule has 7 heteroatoms. The number of benzene rings is 3. The minimum Gasteiger partial charge on any atom is -0.492 e. The number of ether oxygens (including phenoxy) is 1. The van der Waals surface area contributed by atoms with E-state index >= 15 is 0 Å². The maximum Gasteiger partial charge on any atom is 0.240 e. The Morgan fingerprint density at radius 2 is 1.87 bits per heavy atom. The zero-order valence-corrected chi connectivity index (χ0v) is 17.9. The Morgan fingerprint density at radius 3 is 2.71 bits per heavy atom. The molecule has 0 bridgehead atoms. The predicted molar refractivity (Wildman–Crippen MR) is 120 cm³/mol. The molecule has 0 spiro atoms. The molecule has 1 aliphatic heterocycles. The SMILES string of the molecule is O=C(C1CC1)N1CCc2cc(S(=O)(=O)NCCOc3cccc4ccccc34)ccc21. The lowest BCUT2D eigenvalue weighted by Gasteiger charge is -2.17. The molecule has 0 saturated heterocycles. The molecule has 31 heavy (non-hydrogen) atoms. The van der Waals surface area contributed by atoms with Crippen LogP contribution >= 0.6 is 0 Å². The molecule has 2 aliphatic rings. The van der Waals surface area contributed by atoms with Gasteiger partial charge in [0.1, 0.15) is 12.4 Å². The van der Waals surface area contributed by atoms with Crippen LogP contribution in [0.4, 0.5) is 5.69 Å². The van der Waals surface area contributed by atoms with E-state index in [-0.39, 0.29) is 29.9 Å². The summed E-state index contributed by atoms with van der Waals surface area (Å²) < 4.78 is 33.9. The molecule has 3 aromatic carbocycles. The third kappa shape index (κ3) is 4.03. The Hall–Kier alpha value is -2.90. The van der Waals surface area contributed by atoms with Gasteiger partial charge in [0.25, 0.3) is 0 Å². The van der Waals surface area contributed by atoms with Crippen molar-refractivity contribution in [1.29, 1.82) is 0 Å². The third-order valence-corrected chi connectivity index (χ3v) is 7.31. The number of hydrogen-bond acceptors (Lipinski definition) is 4. The van der Waals surface area contributed by atoms with Gasteiger partial charge < -0.3 is 9.64 Å².